The molecule has 0 saturated carbocycles. The molecule has 0 aliphatic carbocycles. The first-order valence-corrected chi connectivity index (χ1v) is 7.29. The number of hydrogen-bond donors (Lipinski definition) is 0. The van der Waals surface area contributed by atoms with Gasteiger partial charge in [-0.2, -0.15) is 0 Å². The maximum absolute atomic E-state index is 11.5. The molecule has 0 spiro atoms. The van der Waals surface area contributed by atoms with Gasteiger partial charge in [-0.05, 0) is 48.0 Å². The number of hydrogen-bond acceptors (Lipinski definition) is 5. The summed E-state index contributed by atoms with van der Waals surface area (Å²) in [5.74, 6) is 0.417. The second kappa shape index (κ2) is 8.41. The van der Waals surface area contributed by atoms with E-state index in [4.69, 9.17) is 37.5 Å². The van der Waals surface area contributed by atoms with Crippen LogP contribution in [0.1, 0.15) is 5.56 Å². The number of halogens is 2. The highest BCUT2D eigenvalue weighted by Crippen LogP contribution is 2.27. The van der Waals surface area contributed by atoms with E-state index >= 15 is 0 Å². The van der Waals surface area contributed by atoms with Crippen LogP contribution in [0.3, 0.4) is 0 Å². The molecule has 0 amide bonds. The highest BCUT2D eigenvalue weighted by atomic mass is 35.5. The third kappa shape index (κ3) is 5.47. The number of ether oxygens (including phenoxy) is 2. The number of nitrogens with zero attached hydrogens (tertiary/aromatic N) is 1. The van der Waals surface area contributed by atoms with Gasteiger partial charge in [-0.3, -0.25) is 0 Å². The zero-order valence-electron chi connectivity index (χ0n) is 12.2. The van der Waals surface area contributed by atoms with Crippen molar-refractivity contribution in [1.82, 2.24) is 0 Å². The first kappa shape index (κ1) is 17.1. The Morgan fingerprint density at radius 3 is 2.57 bits per heavy atom. The summed E-state index contributed by atoms with van der Waals surface area (Å²) < 4.78 is 10.3. The van der Waals surface area contributed by atoms with Crippen molar-refractivity contribution in [1.29, 1.82) is 0 Å². The summed E-state index contributed by atoms with van der Waals surface area (Å²) in [6, 6.07) is 11.8. The minimum Gasteiger partial charge on any atom is -0.497 e. The molecule has 0 radical (unpaired) electrons. The van der Waals surface area contributed by atoms with Crippen LogP contribution < -0.4 is 9.47 Å². The predicted molar refractivity (Wildman–Crippen MR) is 88.6 cm³/mol. The van der Waals surface area contributed by atoms with Crippen LogP contribution in [0.4, 0.5) is 0 Å². The molecular formula is C16H13Cl2NO4. The van der Waals surface area contributed by atoms with Crippen molar-refractivity contribution in [3.8, 4) is 11.5 Å². The smallest absolute Gasteiger partial charge is 0.372 e. The zero-order valence-corrected chi connectivity index (χ0v) is 13.7. The van der Waals surface area contributed by atoms with Crippen LogP contribution in [0.25, 0.3) is 0 Å². The quantitative estimate of drug-likeness (QED) is 0.448. The number of carbonyl (C=O) groups excluding carboxylic acids is 1. The monoisotopic (exact) mass is 353 g/mol. The molecule has 23 heavy (non-hydrogen) atoms. The van der Waals surface area contributed by atoms with Gasteiger partial charge in [0.2, 0.25) is 0 Å². The Labute approximate surface area is 143 Å². The Hall–Kier alpha value is -2.24. The van der Waals surface area contributed by atoms with Crippen LogP contribution in [-0.4, -0.2) is 25.9 Å². The minimum atomic E-state index is -0.652. The van der Waals surface area contributed by atoms with Crippen molar-refractivity contribution in [3.63, 3.8) is 0 Å². The van der Waals surface area contributed by atoms with Crippen molar-refractivity contribution in [2.24, 2.45) is 5.16 Å². The van der Waals surface area contributed by atoms with E-state index in [1.807, 2.05) is 0 Å². The molecule has 0 fully saturated rings. The van der Waals surface area contributed by atoms with Crippen LogP contribution in [-0.2, 0) is 9.63 Å². The van der Waals surface area contributed by atoms with Gasteiger partial charge < -0.3 is 14.3 Å². The molecule has 7 heteroatoms. The fourth-order valence-corrected chi connectivity index (χ4v) is 2.05. The van der Waals surface area contributed by atoms with Gasteiger partial charge in [-0.15, -0.1) is 0 Å². The zero-order chi connectivity index (χ0) is 16.7. The number of rotatable bonds is 6. The lowest BCUT2D eigenvalue weighted by molar-refractivity contribution is -0.145. The maximum atomic E-state index is 11.5. The average Bonchev–Trinajstić information content (AvgIpc) is 2.54. The molecule has 0 heterocycles. The number of oxime groups is 1. The second-order valence-corrected chi connectivity index (χ2v) is 5.18. The summed E-state index contributed by atoms with van der Waals surface area (Å²) in [4.78, 5) is 16.2. The Morgan fingerprint density at radius 2 is 1.91 bits per heavy atom. The number of benzene rings is 2. The lowest BCUT2D eigenvalue weighted by Gasteiger charge is -2.06. The van der Waals surface area contributed by atoms with E-state index in [-0.39, 0.29) is 6.61 Å². The van der Waals surface area contributed by atoms with Gasteiger partial charge in [0.15, 0.2) is 6.61 Å². The first-order valence-electron chi connectivity index (χ1n) is 6.53. The van der Waals surface area contributed by atoms with Crippen LogP contribution in [0.2, 0.25) is 10.0 Å². The maximum Gasteiger partial charge on any atom is 0.372 e. The summed E-state index contributed by atoms with van der Waals surface area (Å²) in [6.45, 7) is -0.318. The van der Waals surface area contributed by atoms with Gasteiger partial charge >= 0.3 is 5.97 Å². The van der Waals surface area contributed by atoms with Crippen molar-refractivity contribution >= 4 is 35.4 Å². The summed E-state index contributed by atoms with van der Waals surface area (Å²) in [5.41, 5.74) is 0.764. The van der Waals surface area contributed by atoms with E-state index in [1.54, 1.807) is 43.5 Å². The highest BCUT2D eigenvalue weighted by Gasteiger charge is 2.07. The molecule has 120 valence electrons. The van der Waals surface area contributed by atoms with E-state index in [2.05, 4.69) is 5.16 Å². The normalized spacial score (nSPS) is 10.6. The molecule has 0 aromatic heterocycles. The van der Waals surface area contributed by atoms with Crippen LogP contribution in [0, 0.1) is 0 Å². The van der Waals surface area contributed by atoms with Crippen LogP contribution in [0.5, 0.6) is 11.5 Å². The molecule has 0 bridgehead atoms. The molecule has 2 aromatic rings. The molecule has 0 N–H and O–H groups in total. The number of carbonyl (C=O) groups is 1. The Kier molecular flexibility index (Phi) is 6.26. The molecule has 0 atom stereocenters. The lowest BCUT2D eigenvalue weighted by atomic mass is 10.2. The van der Waals surface area contributed by atoms with Crippen molar-refractivity contribution in [2.75, 3.05) is 13.7 Å². The van der Waals surface area contributed by atoms with Gasteiger partial charge in [0.05, 0.1) is 18.3 Å². The van der Waals surface area contributed by atoms with E-state index in [0.717, 1.165) is 11.3 Å². The van der Waals surface area contributed by atoms with E-state index < -0.39 is 5.97 Å². The third-order valence-corrected chi connectivity index (χ3v) is 3.24. The molecule has 2 rings (SSSR count). The summed E-state index contributed by atoms with van der Waals surface area (Å²) >= 11 is 11.7. The fraction of sp³-hybridized carbons (Fsp3) is 0.125. The van der Waals surface area contributed by atoms with Crippen LogP contribution in [0.15, 0.2) is 47.6 Å². The van der Waals surface area contributed by atoms with E-state index in [9.17, 15) is 4.79 Å². The molecule has 2 aromatic carbocycles. The van der Waals surface area contributed by atoms with E-state index in [1.165, 1.54) is 12.3 Å². The molecule has 0 saturated heterocycles. The topological polar surface area (TPSA) is 57.1 Å². The van der Waals surface area contributed by atoms with E-state index in [0.29, 0.717) is 15.8 Å². The largest absolute Gasteiger partial charge is 0.497 e. The molecule has 5 nitrogen and oxygen atoms in total. The minimum absolute atomic E-state index is 0.312. The molecule has 0 aliphatic rings. The fourth-order valence-electron chi connectivity index (χ4n) is 1.59. The SMILES string of the molecule is COc1ccc(/C=N/OC(=O)COc2ccc(Cl)cc2Cl)cc1. The summed E-state index contributed by atoms with van der Waals surface area (Å²) in [5, 5.41) is 4.39. The van der Waals surface area contributed by atoms with Gasteiger partial charge in [-0.25, -0.2) is 4.79 Å². The van der Waals surface area contributed by atoms with Gasteiger partial charge in [0.25, 0.3) is 0 Å². The average molecular weight is 354 g/mol. The first-order chi connectivity index (χ1) is 11.1. The van der Waals surface area contributed by atoms with Crippen molar-refractivity contribution in [2.45, 2.75) is 0 Å². The van der Waals surface area contributed by atoms with Gasteiger partial charge in [0, 0.05) is 5.02 Å². The standard InChI is InChI=1S/C16H13Cl2NO4/c1-21-13-5-2-11(3-6-13)9-19-23-16(20)10-22-15-7-4-12(17)8-14(15)18/h2-9H,10H2,1H3/b19-9+. The lowest BCUT2D eigenvalue weighted by Crippen LogP contribution is -2.12. The summed E-state index contributed by atoms with van der Waals surface area (Å²) in [7, 11) is 1.58. The Morgan fingerprint density at radius 1 is 1.17 bits per heavy atom. The third-order valence-electron chi connectivity index (χ3n) is 2.71. The second-order valence-electron chi connectivity index (χ2n) is 4.33. The van der Waals surface area contributed by atoms with Crippen LogP contribution >= 0.6 is 23.2 Å². The highest BCUT2D eigenvalue weighted by molar-refractivity contribution is 6.35. The summed E-state index contributed by atoms with van der Waals surface area (Å²) in [6.07, 6.45) is 1.41. The Balaban J connectivity index is 1.81. The van der Waals surface area contributed by atoms with Gasteiger partial charge in [0.1, 0.15) is 11.5 Å². The molecule has 0 aliphatic heterocycles. The van der Waals surface area contributed by atoms with Crippen molar-refractivity contribution < 1.29 is 19.1 Å². The number of methoxy groups -OCH3 is 1. The Bertz CT molecular complexity index is 702. The molecule has 0 unspecified atom stereocenters. The van der Waals surface area contributed by atoms with Crippen molar-refractivity contribution in [3.05, 3.63) is 58.1 Å². The predicted octanol–water partition coefficient (Wildman–Crippen LogP) is 3.96. The van der Waals surface area contributed by atoms with Gasteiger partial charge in [-0.1, -0.05) is 28.4 Å². The molecular weight excluding hydrogens is 341 g/mol.